The molecule has 134 valence electrons. The molecule has 5 heteroatoms. The highest BCUT2D eigenvalue weighted by atomic mass is 35.5. The van der Waals surface area contributed by atoms with E-state index < -0.39 is 5.91 Å². The molecule has 0 saturated carbocycles. The summed E-state index contributed by atoms with van der Waals surface area (Å²) in [6.45, 7) is 0. The number of carbonyl (C=O) groups is 1. The predicted octanol–water partition coefficient (Wildman–Crippen LogP) is 5.05. The van der Waals surface area contributed by atoms with Crippen molar-refractivity contribution in [1.29, 1.82) is 0 Å². The van der Waals surface area contributed by atoms with Crippen LogP contribution in [0.5, 0.6) is 0 Å². The van der Waals surface area contributed by atoms with Crippen LogP contribution < -0.4 is 11.1 Å². The largest absolute Gasteiger partial charge is 0.366 e. The number of amides is 1. The van der Waals surface area contributed by atoms with Gasteiger partial charge in [-0.3, -0.25) is 4.79 Å². The van der Waals surface area contributed by atoms with Crippen LogP contribution in [-0.2, 0) is 4.79 Å². The van der Waals surface area contributed by atoms with Gasteiger partial charge in [0.1, 0.15) is 0 Å². The quantitative estimate of drug-likeness (QED) is 0.387. The van der Waals surface area contributed by atoms with Gasteiger partial charge >= 0.3 is 0 Å². The van der Waals surface area contributed by atoms with Gasteiger partial charge in [0, 0.05) is 22.5 Å². The van der Waals surface area contributed by atoms with E-state index in [4.69, 9.17) is 10.7 Å². The Labute approximate surface area is 163 Å². The van der Waals surface area contributed by atoms with E-state index >= 15 is 0 Å². The molecular formula is C22H18ClN3O. The summed E-state index contributed by atoms with van der Waals surface area (Å²) in [4.78, 5) is 15.6. The van der Waals surface area contributed by atoms with Crippen LogP contribution in [-0.4, -0.2) is 10.9 Å². The van der Waals surface area contributed by atoms with Gasteiger partial charge in [-0.15, -0.1) is 12.4 Å². The van der Waals surface area contributed by atoms with Crippen LogP contribution in [0.15, 0.2) is 78.9 Å². The minimum absolute atomic E-state index is 0. The average Bonchev–Trinajstić information content (AvgIpc) is 2.67. The molecule has 4 rings (SSSR count). The smallest absolute Gasteiger partial charge is 0.241 e. The van der Waals surface area contributed by atoms with Gasteiger partial charge in [-0.05, 0) is 35.9 Å². The minimum atomic E-state index is -0.457. The normalized spacial score (nSPS) is 10.8. The number of nitrogens with one attached hydrogen (secondary N) is 1. The van der Waals surface area contributed by atoms with Crippen molar-refractivity contribution in [2.75, 3.05) is 5.32 Å². The van der Waals surface area contributed by atoms with Crippen molar-refractivity contribution in [3.8, 4) is 0 Å². The standard InChI is InChI=1S/C22H17N3O.ClH/c23-21(26)14-11-15-9-12-16(13-10-15)24-22-17-5-1-3-7-19(17)25-20-8-4-2-6-18(20)22;/h1-14H,(H2,23,26)(H,24,25);1H/b14-11+;. The maximum atomic E-state index is 10.8. The second kappa shape index (κ2) is 7.89. The van der Waals surface area contributed by atoms with Crippen LogP contribution in [0.4, 0.5) is 11.4 Å². The summed E-state index contributed by atoms with van der Waals surface area (Å²) in [6, 6.07) is 24.0. The zero-order chi connectivity index (χ0) is 17.9. The number of primary amides is 1. The average molecular weight is 376 g/mol. The molecule has 1 amide bonds. The van der Waals surface area contributed by atoms with Crippen LogP contribution in [0, 0.1) is 0 Å². The number of hydrogen-bond acceptors (Lipinski definition) is 3. The summed E-state index contributed by atoms with van der Waals surface area (Å²) in [6.07, 6.45) is 3.05. The second-order valence-electron chi connectivity index (χ2n) is 6.00. The molecule has 3 aromatic carbocycles. The van der Waals surface area contributed by atoms with Crippen molar-refractivity contribution in [3.05, 3.63) is 84.4 Å². The number of rotatable bonds is 4. The monoisotopic (exact) mass is 375 g/mol. The van der Waals surface area contributed by atoms with Crippen LogP contribution in [0.2, 0.25) is 0 Å². The number of para-hydroxylation sites is 2. The molecule has 0 bridgehead atoms. The SMILES string of the molecule is Cl.NC(=O)/C=C/c1ccc(Nc2c3ccccc3nc3ccccc23)cc1. The summed E-state index contributed by atoms with van der Waals surface area (Å²) in [5, 5.41) is 5.67. The van der Waals surface area contributed by atoms with Gasteiger partial charge in [0.05, 0.1) is 16.7 Å². The third-order valence-electron chi connectivity index (χ3n) is 4.21. The number of nitrogens with two attached hydrogens (primary N) is 1. The van der Waals surface area contributed by atoms with Gasteiger partial charge in [-0.1, -0.05) is 48.5 Å². The highest BCUT2D eigenvalue weighted by Crippen LogP contribution is 2.32. The van der Waals surface area contributed by atoms with E-state index in [1.54, 1.807) is 6.08 Å². The van der Waals surface area contributed by atoms with Crippen molar-refractivity contribution >= 4 is 57.6 Å². The molecule has 0 radical (unpaired) electrons. The lowest BCUT2D eigenvalue weighted by Gasteiger charge is -2.13. The summed E-state index contributed by atoms with van der Waals surface area (Å²) in [7, 11) is 0. The molecule has 3 N–H and O–H groups in total. The highest BCUT2D eigenvalue weighted by Gasteiger charge is 2.08. The second-order valence-corrected chi connectivity index (χ2v) is 6.00. The summed E-state index contributed by atoms with van der Waals surface area (Å²) < 4.78 is 0. The zero-order valence-corrected chi connectivity index (χ0v) is 15.2. The van der Waals surface area contributed by atoms with Crippen LogP contribution >= 0.6 is 12.4 Å². The van der Waals surface area contributed by atoms with E-state index in [1.165, 1.54) is 6.08 Å². The molecule has 0 atom stereocenters. The summed E-state index contributed by atoms with van der Waals surface area (Å²) in [5.41, 5.74) is 9.95. The molecule has 0 aliphatic heterocycles. The molecule has 4 nitrogen and oxygen atoms in total. The maximum absolute atomic E-state index is 10.8. The lowest BCUT2D eigenvalue weighted by atomic mass is 10.1. The molecule has 0 aliphatic carbocycles. The third-order valence-corrected chi connectivity index (χ3v) is 4.21. The Balaban J connectivity index is 0.00000210. The van der Waals surface area contributed by atoms with E-state index in [0.717, 1.165) is 38.7 Å². The molecule has 0 unspecified atom stereocenters. The van der Waals surface area contributed by atoms with Gasteiger partial charge in [-0.25, -0.2) is 4.98 Å². The minimum Gasteiger partial charge on any atom is -0.366 e. The third kappa shape index (κ3) is 3.91. The van der Waals surface area contributed by atoms with Crippen LogP contribution in [0.25, 0.3) is 27.9 Å². The topological polar surface area (TPSA) is 68.0 Å². The lowest BCUT2D eigenvalue weighted by molar-refractivity contribution is -0.113. The molecule has 1 heterocycles. The Kier molecular flexibility index (Phi) is 5.38. The van der Waals surface area contributed by atoms with Crippen molar-refractivity contribution in [2.24, 2.45) is 5.73 Å². The summed E-state index contributed by atoms with van der Waals surface area (Å²) in [5.74, 6) is -0.457. The first-order chi connectivity index (χ1) is 12.7. The zero-order valence-electron chi connectivity index (χ0n) is 14.4. The number of carbonyl (C=O) groups excluding carboxylic acids is 1. The first kappa shape index (κ1) is 18.4. The maximum Gasteiger partial charge on any atom is 0.241 e. The fraction of sp³-hybridized carbons (Fsp3) is 0. The number of anilines is 2. The molecule has 0 fully saturated rings. The first-order valence-corrected chi connectivity index (χ1v) is 8.33. The number of fused-ring (bicyclic) bond motifs is 2. The molecule has 0 aliphatic rings. The van der Waals surface area contributed by atoms with E-state index in [2.05, 4.69) is 17.4 Å². The van der Waals surface area contributed by atoms with Crippen molar-refractivity contribution in [2.45, 2.75) is 0 Å². The lowest BCUT2D eigenvalue weighted by Crippen LogP contribution is -2.05. The Morgan fingerprint density at radius 1 is 0.852 bits per heavy atom. The van der Waals surface area contributed by atoms with Gasteiger partial charge in [0.2, 0.25) is 5.91 Å². The molecule has 1 aromatic heterocycles. The van der Waals surface area contributed by atoms with E-state index in [-0.39, 0.29) is 12.4 Å². The number of halogens is 1. The van der Waals surface area contributed by atoms with Gasteiger partial charge < -0.3 is 11.1 Å². The Hall–Kier alpha value is -3.37. The first-order valence-electron chi connectivity index (χ1n) is 8.33. The fourth-order valence-corrected chi connectivity index (χ4v) is 2.97. The van der Waals surface area contributed by atoms with E-state index in [9.17, 15) is 4.79 Å². The Morgan fingerprint density at radius 2 is 1.41 bits per heavy atom. The van der Waals surface area contributed by atoms with Crippen molar-refractivity contribution in [3.63, 3.8) is 0 Å². The molecule has 0 spiro atoms. The molecular weight excluding hydrogens is 358 g/mol. The number of nitrogens with zero attached hydrogens (tertiary/aromatic N) is 1. The van der Waals surface area contributed by atoms with Crippen LogP contribution in [0.3, 0.4) is 0 Å². The summed E-state index contributed by atoms with van der Waals surface area (Å²) >= 11 is 0. The Bertz CT molecular complexity index is 1080. The Morgan fingerprint density at radius 3 is 1.96 bits per heavy atom. The number of hydrogen-bond donors (Lipinski definition) is 2. The predicted molar refractivity (Wildman–Crippen MR) is 114 cm³/mol. The van der Waals surface area contributed by atoms with Gasteiger partial charge in [0.25, 0.3) is 0 Å². The highest BCUT2D eigenvalue weighted by molar-refractivity contribution is 6.08. The van der Waals surface area contributed by atoms with Gasteiger partial charge in [-0.2, -0.15) is 0 Å². The molecule has 4 aromatic rings. The number of aromatic nitrogens is 1. The van der Waals surface area contributed by atoms with Crippen LogP contribution in [0.1, 0.15) is 5.56 Å². The fourth-order valence-electron chi connectivity index (χ4n) is 2.97. The number of benzene rings is 3. The van der Waals surface area contributed by atoms with E-state index in [1.807, 2.05) is 60.7 Å². The molecule has 27 heavy (non-hydrogen) atoms. The van der Waals surface area contributed by atoms with E-state index in [0.29, 0.717) is 0 Å². The molecule has 0 saturated heterocycles. The van der Waals surface area contributed by atoms with Crippen molar-refractivity contribution in [1.82, 2.24) is 4.98 Å². The number of pyridine rings is 1. The van der Waals surface area contributed by atoms with Gasteiger partial charge in [0.15, 0.2) is 0 Å². The van der Waals surface area contributed by atoms with Crippen molar-refractivity contribution < 1.29 is 4.79 Å².